The van der Waals surface area contributed by atoms with Gasteiger partial charge >= 0.3 is 0 Å². The summed E-state index contributed by atoms with van der Waals surface area (Å²) in [4.78, 5) is 14.9. The molecule has 0 aliphatic carbocycles. The van der Waals surface area contributed by atoms with Crippen LogP contribution in [-0.2, 0) is 6.54 Å². The van der Waals surface area contributed by atoms with Gasteiger partial charge in [-0.2, -0.15) is 0 Å². The topological polar surface area (TPSA) is 49.6 Å². The van der Waals surface area contributed by atoms with E-state index in [9.17, 15) is 10.1 Å². The molecule has 0 saturated carbocycles. The first-order valence-corrected chi connectivity index (χ1v) is 8.44. The molecule has 0 bridgehead atoms. The van der Waals surface area contributed by atoms with E-state index in [4.69, 9.17) is 23.2 Å². The van der Waals surface area contributed by atoms with Crippen LogP contribution in [0.15, 0.2) is 42.5 Å². The minimum Gasteiger partial charge on any atom is -0.368 e. The molecule has 3 rings (SSSR count). The molecular formula is C17H17Cl2N3O2. The van der Waals surface area contributed by atoms with Crippen LogP contribution >= 0.6 is 23.2 Å². The first kappa shape index (κ1) is 17.0. The molecule has 1 aliphatic rings. The quantitative estimate of drug-likeness (QED) is 0.600. The molecule has 1 saturated heterocycles. The molecule has 0 radical (unpaired) electrons. The minimum absolute atomic E-state index is 0.0170. The third kappa shape index (κ3) is 3.98. The second kappa shape index (κ2) is 7.38. The van der Waals surface area contributed by atoms with Crippen LogP contribution in [0.1, 0.15) is 5.56 Å². The Balaban J connectivity index is 1.62. The number of non-ortho nitro benzene ring substituents is 1. The van der Waals surface area contributed by atoms with E-state index in [0.29, 0.717) is 5.02 Å². The smallest absolute Gasteiger partial charge is 0.271 e. The maximum Gasteiger partial charge on any atom is 0.271 e. The maximum absolute atomic E-state index is 10.8. The van der Waals surface area contributed by atoms with Gasteiger partial charge in [0.2, 0.25) is 0 Å². The average Bonchev–Trinajstić information content (AvgIpc) is 2.55. The number of rotatable bonds is 4. The summed E-state index contributed by atoms with van der Waals surface area (Å²) in [6.07, 6.45) is 0. The van der Waals surface area contributed by atoms with Gasteiger partial charge in [-0.3, -0.25) is 15.0 Å². The summed E-state index contributed by atoms with van der Waals surface area (Å²) in [5, 5.41) is 12.0. The highest BCUT2D eigenvalue weighted by Crippen LogP contribution is 2.30. The van der Waals surface area contributed by atoms with Crippen LogP contribution in [0.25, 0.3) is 0 Å². The van der Waals surface area contributed by atoms with Crippen molar-refractivity contribution < 1.29 is 4.92 Å². The Morgan fingerprint density at radius 3 is 2.42 bits per heavy atom. The highest BCUT2D eigenvalue weighted by molar-refractivity contribution is 6.33. The zero-order chi connectivity index (χ0) is 17.1. The number of nitro groups is 1. The summed E-state index contributed by atoms with van der Waals surface area (Å²) in [6, 6.07) is 12.5. The first-order valence-electron chi connectivity index (χ1n) is 7.68. The molecule has 24 heavy (non-hydrogen) atoms. The lowest BCUT2D eigenvalue weighted by Gasteiger charge is -2.36. The van der Waals surface area contributed by atoms with Crippen molar-refractivity contribution in [3.8, 4) is 0 Å². The Labute approximate surface area is 150 Å². The van der Waals surface area contributed by atoms with Crippen molar-refractivity contribution in [1.29, 1.82) is 0 Å². The molecule has 0 aromatic heterocycles. The molecule has 0 N–H and O–H groups in total. The molecule has 1 aliphatic heterocycles. The third-order valence-corrected chi connectivity index (χ3v) is 4.69. The Morgan fingerprint density at radius 2 is 1.79 bits per heavy atom. The van der Waals surface area contributed by atoms with Gasteiger partial charge in [0.1, 0.15) is 0 Å². The lowest BCUT2D eigenvalue weighted by molar-refractivity contribution is -0.384. The molecular weight excluding hydrogens is 349 g/mol. The van der Waals surface area contributed by atoms with Crippen molar-refractivity contribution in [1.82, 2.24) is 4.90 Å². The summed E-state index contributed by atoms with van der Waals surface area (Å²) >= 11 is 12.2. The summed E-state index contributed by atoms with van der Waals surface area (Å²) < 4.78 is 0. The molecule has 0 atom stereocenters. The summed E-state index contributed by atoms with van der Waals surface area (Å²) in [7, 11) is 0. The number of halogens is 2. The van der Waals surface area contributed by atoms with Crippen LogP contribution in [0.4, 0.5) is 11.4 Å². The van der Waals surface area contributed by atoms with Crippen LogP contribution in [0.2, 0.25) is 10.0 Å². The maximum atomic E-state index is 10.8. The molecule has 1 heterocycles. The van der Waals surface area contributed by atoms with Crippen molar-refractivity contribution in [2.75, 3.05) is 31.1 Å². The van der Waals surface area contributed by atoms with Crippen LogP contribution in [0, 0.1) is 10.1 Å². The number of anilines is 1. The van der Waals surface area contributed by atoms with E-state index in [2.05, 4.69) is 15.9 Å². The molecule has 2 aromatic rings. The molecule has 1 fully saturated rings. The summed E-state index contributed by atoms with van der Waals surface area (Å²) in [5.74, 6) is 0. The van der Waals surface area contributed by atoms with Gasteiger partial charge in [0.05, 0.1) is 15.6 Å². The normalized spacial score (nSPS) is 15.5. The standard InChI is InChI=1S/C17H17Cl2N3O2/c18-14-3-1-2-13(10-14)12-20-6-8-21(9-7-20)17-5-4-15(22(23)24)11-16(17)19/h1-5,10-11H,6-9,12H2. The minimum atomic E-state index is -0.432. The van der Waals surface area contributed by atoms with Gasteiger partial charge in [-0.1, -0.05) is 35.3 Å². The lowest BCUT2D eigenvalue weighted by atomic mass is 10.2. The monoisotopic (exact) mass is 365 g/mol. The summed E-state index contributed by atoms with van der Waals surface area (Å²) in [6.45, 7) is 4.33. The van der Waals surface area contributed by atoms with Crippen molar-refractivity contribution in [2.45, 2.75) is 6.54 Å². The van der Waals surface area contributed by atoms with Gasteiger partial charge in [-0.05, 0) is 23.8 Å². The van der Waals surface area contributed by atoms with E-state index >= 15 is 0 Å². The van der Waals surface area contributed by atoms with E-state index in [1.165, 1.54) is 17.7 Å². The van der Waals surface area contributed by atoms with E-state index in [-0.39, 0.29) is 5.69 Å². The first-order chi connectivity index (χ1) is 11.5. The Morgan fingerprint density at radius 1 is 1.04 bits per heavy atom. The number of nitro benzene ring substituents is 1. The molecule has 0 amide bonds. The third-order valence-electron chi connectivity index (χ3n) is 4.15. The van der Waals surface area contributed by atoms with E-state index in [0.717, 1.165) is 43.4 Å². The Kier molecular flexibility index (Phi) is 5.23. The van der Waals surface area contributed by atoms with Gasteiger partial charge in [-0.25, -0.2) is 0 Å². The fourth-order valence-electron chi connectivity index (χ4n) is 2.91. The highest BCUT2D eigenvalue weighted by atomic mass is 35.5. The van der Waals surface area contributed by atoms with Crippen molar-refractivity contribution in [3.63, 3.8) is 0 Å². The van der Waals surface area contributed by atoms with Crippen molar-refractivity contribution in [3.05, 3.63) is 68.2 Å². The molecule has 0 unspecified atom stereocenters. The zero-order valence-corrected chi connectivity index (χ0v) is 14.5. The summed E-state index contributed by atoms with van der Waals surface area (Å²) in [5.41, 5.74) is 2.07. The van der Waals surface area contributed by atoms with Gasteiger partial charge in [-0.15, -0.1) is 0 Å². The van der Waals surface area contributed by atoms with Crippen LogP contribution in [-0.4, -0.2) is 36.0 Å². The van der Waals surface area contributed by atoms with Gasteiger partial charge in [0.15, 0.2) is 0 Å². The molecule has 2 aromatic carbocycles. The fraction of sp³-hybridized carbons (Fsp3) is 0.294. The molecule has 126 valence electrons. The van der Waals surface area contributed by atoms with Gasteiger partial charge in [0, 0.05) is 49.9 Å². The van der Waals surface area contributed by atoms with Crippen LogP contribution in [0.5, 0.6) is 0 Å². The van der Waals surface area contributed by atoms with Gasteiger partial charge < -0.3 is 4.90 Å². The highest BCUT2D eigenvalue weighted by Gasteiger charge is 2.20. The predicted octanol–water partition coefficient (Wildman–Crippen LogP) is 4.22. The van der Waals surface area contributed by atoms with Crippen molar-refractivity contribution >= 4 is 34.6 Å². The second-order valence-corrected chi connectivity index (χ2v) is 6.63. The van der Waals surface area contributed by atoms with E-state index in [1.54, 1.807) is 6.07 Å². The predicted molar refractivity (Wildman–Crippen MR) is 97.0 cm³/mol. The average molecular weight is 366 g/mol. The van der Waals surface area contributed by atoms with Crippen LogP contribution in [0.3, 0.4) is 0 Å². The Bertz CT molecular complexity index is 746. The number of benzene rings is 2. The molecule has 7 heteroatoms. The van der Waals surface area contributed by atoms with Crippen molar-refractivity contribution in [2.24, 2.45) is 0 Å². The van der Waals surface area contributed by atoms with Gasteiger partial charge in [0.25, 0.3) is 5.69 Å². The van der Waals surface area contributed by atoms with E-state index < -0.39 is 4.92 Å². The number of piperazine rings is 1. The number of hydrogen-bond acceptors (Lipinski definition) is 4. The Hall–Kier alpha value is -1.82. The molecule has 0 spiro atoms. The van der Waals surface area contributed by atoms with Crippen LogP contribution < -0.4 is 4.90 Å². The zero-order valence-electron chi connectivity index (χ0n) is 13.0. The van der Waals surface area contributed by atoms with E-state index in [1.807, 2.05) is 18.2 Å². The SMILES string of the molecule is O=[N+]([O-])c1ccc(N2CCN(Cc3cccc(Cl)c3)CC2)c(Cl)c1. The second-order valence-electron chi connectivity index (χ2n) is 5.79. The number of nitrogens with zero attached hydrogens (tertiary/aromatic N) is 3. The number of hydrogen-bond donors (Lipinski definition) is 0. The fourth-order valence-corrected chi connectivity index (χ4v) is 3.41. The molecule has 5 nitrogen and oxygen atoms in total. The largest absolute Gasteiger partial charge is 0.368 e. The lowest BCUT2D eigenvalue weighted by Crippen LogP contribution is -2.46.